The third-order valence-corrected chi connectivity index (χ3v) is 6.25. The average Bonchev–Trinajstić information content (AvgIpc) is 3.11. The van der Waals surface area contributed by atoms with Crippen LogP contribution in [-0.4, -0.2) is 48.8 Å². The van der Waals surface area contributed by atoms with E-state index in [9.17, 15) is 13.9 Å². The van der Waals surface area contributed by atoms with E-state index in [1.54, 1.807) is 6.08 Å². The van der Waals surface area contributed by atoms with Gasteiger partial charge in [-0.15, -0.1) is 0 Å². The molecule has 0 aromatic rings. The fourth-order valence-electron chi connectivity index (χ4n) is 4.68. The molecular formula is C21H34F2O4. The summed E-state index contributed by atoms with van der Waals surface area (Å²) in [5, 5.41) is 9.66. The van der Waals surface area contributed by atoms with E-state index in [2.05, 4.69) is 6.92 Å². The van der Waals surface area contributed by atoms with Crippen molar-refractivity contribution >= 4 is 0 Å². The maximum absolute atomic E-state index is 14.8. The Morgan fingerprint density at radius 1 is 1.33 bits per heavy atom. The van der Waals surface area contributed by atoms with Gasteiger partial charge in [0, 0.05) is 12.5 Å². The number of unbranched alkanes of at least 4 members (excludes halogenated alkanes) is 1. The van der Waals surface area contributed by atoms with Crippen LogP contribution in [0.2, 0.25) is 0 Å². The molecule has 1 saturated carbocycles. The number of aliphatic hydroxyl groups is 1. The SMILES string of the molecule is CCCCC(F)C(/C=C/[C@H]1[C@H]2[C@@H](C[C@@H]1C)OC(O)[C@@H]2F)OC1CCCCO1. The first-order chi connectivity index (χ1) is 13.0. The van der Waals surface area contributed by atoms with E-state index in [4.69, 9.17) is 14.2 Å². The number of hydrogen-bond donors (Lipinski definition) is 1. The van der Waals surface area contributed by atoms with Crippen molar-refractivity contribution in [1.29, 1.82) is 0 Å². The van der Waals surface area contributed by atoms with E-state index in [-0.39, 0.29) is 30.1 Å². The Labute approximate surface area is 161 Å². The van der Waals surface area contributed by atoms with E-state index >= 15 is 0 Å². The van der Waals surface area contributed by atoms with Crippen LogP contribution in [0.5, 0.6) is 0 Å². The minimum Gasteiger partial charge on any atom is -0.366 e. The number of allylic oxidation sites excluding steroid dienone is 1. The molecule has 3 rings (SSSR count). The number of halogens is 2. The molecule has 0 aromatic heterocycles. The number of ether oxygens (including phenoxy) is 3. The van der Waals surface area contributed by atoms with Gasteiger partial charge < -0.3 is 19.3 Å². The minimum absolute atomic E-state index is 0.0844. The molecule has 2 heterocycles. The van der Waals surface area contributed by atoms with Crippen molar-refractivity contribution in [3.63, 3.8) is 0 Å². The molecule has 1 aliphatic carbocycles. The van der Waals surface area contributed by atoms with Gasteiger partial charge in [-0.1, -0.05) is 38.8 Å². The Balaban J connectivity index is 1.67. The molecule has 4 nitrogen and oxygen atoms in total. The number of rotatable bonds is 8. The van der Waals surface area contributed by atoms with Crippen LogP contribution in [0.15, 0.2) is 12.2 Å². The topological polar surface area (TPSA) is 47.9 Å². The molecule has 3 aliphatic rings. The van der Waals surface area contributed by atoms with Gasteiger partial charge >= 0.3 is 0 Å². The standard InChI is InChI=1S/C21H34F2O4/c1-3-4-7-15(22)16(26-18-8-5-6-11-25-18)10-9-14-13(2)12-17-19(14)20(23)21(24)27-17/h9-10,13-21,24H,3-8,11-12H2,1-2H3/b10-9+/t13-,14+,15?,16?,17+,18?,19-,20+,21?/m0/s1. The summed E-state index contributed by atoms with van der Waals surface area (Å²) in [6.07, 6.45) is 4.21. The second kappa shape index (κ2) is 9.77. The summed E-state index contributed by atoms with van der Waals surface area (Å²) in [5.74, 6) is -0.229. The lowest BCUT2D eigenvalue weighted by Gasteiger charge is -2.28. The lowest BCUT2D eigenvalue weighted by Crippen LogP contribution is -2.33. The monoisotopic (exact) mass is 388 g/mol. The van der Waals surface area contributed by atoms with Gasteiger partial charge in [-0.25, -0.2) is 8.78 Å². The van der Waals surface area contributed by atoms with Gasteiger partial charge in [-0.05, 0) is 43.9 Å². The zero-order valence-corrected chi connectivity index (χ0v) is 16.4. The van der Waals surface area contributed by atoms with E-state index in [1.807, 2.05) is 13.0 Å². The summed E-state index contributed by atoms with van der Waals surface area (Å²) in [5.41, 5.74) is 0. The average molecular weight is 388 g/mol. The lowest BCUT2D eigenvalue weighted by molar-refractivity contribution is -0.189. The summed E-state index contributed by atoms with van der Waals surface area (Å²) < 4.78 is 46.1. The molecule has 0 spiro atoms. The molecule has 0 bridgehead atoms. The van der Waals surface area contributed by atoms with Crippen molar-refractivity contribution in [2.45, 2.75) is 95.9 Å². The van der Waals surface area contributed by atoms with Gasteiger partial charge in [0.1, 0.15) is 12.3 Å². The van der Waals surface area contributed by atoms with E-state index < -0.39 is 24.7 Å². The molecule has 0 aromatic carbocycles. The van der Waals surface area contributed by atoms with Crippen molar-refractivity contribution in [3.8, 4) is 0 Å². The van der Waals surface area contributed by atoms with Gasteiger partial charge in [-0.3, -0.25) is 0 Å². The first-order valence-corrected chi connectivity index (χ1v) is 10.6. The highest BCUT2D eigenvalue weighted by molar-refractivity contribution is 5.08. The highest BCUT2D eigenvalue weighted by Crippen LogP contribution is 2.47. The molecular weight excluding hydrogens is 354 g/mol. The number of fused-ring (bicyclic) bond motifs is 1. The molecule has 1 N–H and O–H groups in total. The lowest BCUT2D eigenvalue weighted by atomic mass is 9.86. The first kappa shape index (κ1) is 21.2. The highest BCUT2D eigenvalue weighted by Gasteiger charge is 2.53. The molecule has 2 aliphatic heterocycles. The highest BCUT2D eigenvalue weighted by atomic mass is 19.1. The van der Waals surface area contributed by atoms with Crippen molar-refractivity contribution in [2.24, 2.45) is 17.8 Å². The number of hydrogen-bond acceptors (Lipinski definition) is 4. The van der Waals surface area contributed by atoms with Gasteiger partial charge in [0.2, 0.25) is 0 Å². The zero-order chi connectivity index (χ0) is 19.4. The van der Waals surface area contributed by atoms with E-state index in [1.165, 1.54) is 0 Å². The van der Waals surface area contributed by atoms with E-state index in [0.717, 1.165) is 32.1 Å². The van der Waals surface area contributed by atoms with Crippen LogP contribution in [0.25, 0.3) is 0 Å². The second-order valence-electron chi connectivity index (χ2n) is 8.32. The summed E-state index contributed by atoms with van der Waals surface area (Å²) in [7, 11) is 0. The molecule has 0 radical (unpaired) electrons. The largest absolute Gasteiger partial charge is 0.366 e. The van der Waals surface area contributed by atoms with Gasteiger partial charge in [-0.2, -0.15) is 0 Å². The molecule has 0 amide bonds. The summed E-state index contributed by atoms with van der Waals surface area (Å²) in [6, 6.07) is 0. The first-order valence-electron chi connectivity index (χ1n) is 10.6. The van der Waals surface area contributed by atoms with Gasteiger partial charge in [0.15, 0.2) is 18.8 Å². The maximum Gasteiger partial charge on any atom is 0.186 e. The Kier molecular flexibility index (Phi) is 7.65. The predicted molar refractivity (Wildman–Crippen MR) is 98.6 cm³/mol. The molecule has 2 saturated heterocycles. The molecule has 6 heteroatoms. The molecule has 156 valence electrons. The van der Waals surface area contributed by atoms with Crippen LogP contribution in [0.3, 0.4) is 0 Å². The molecule has 3 fully saturated rings. The van der Waals surface area contributed by atoms with Gasteiger partial charge in [0.05, 0.1) is 6.10 Å². The third kappa shape index (κ3) is 5.08. The smallest absolute Gasteiger partial charge is 0.186 e. The number of aliphatic hydroxyl groups excluding tert-OH is 1. The Bertz CT molecular complexity index is 483. The van der Waals surface area contributed by atoms with Crippen LogP contribution in [0.1, 0.15) is 58.8 Å². The van der Waals surface area contributed by atoms with Crippen LogP contribution in [0.4, 0.5) is 8.78 Å². The summed E-state index contributed by atoms with van der Waals surface area (Å²) in [6.45, 7) is 4.74. The number of alkyl halides is 2. The van der Waals surface area contributed by atoms with Crippen LogP contribution < -0.4 is 0 Å². The minimum atomic E-state index is -1.39. The molecule has 9 atom stereocenters. The normalized spacial score (nSPS) is 41.7. The van der Waals surface area contributed by atoms with Crippen molar-refractivity contribution in [1.82, 2.24) is 0 Å². The maximum atomic E-state index is 14.8. The molecule has 4 unspecified atom stereocenters. The Morgan fingerprint density at radius 3 is 2.85 bits per heavy atom. The summed E-state index contributed by atoms with van der Waals surface area (Å²) in [4.78, 5) is 0. The van der Waals surface area contributed by atoms with Crippen LogP contribution in [0, 0.1) is 17.8 Å². The van der Waals surface area contributed by atoms with Crippen molar-refractivity contribution < 1.29 is 28.1 Å². The summed E-state index contributed by atoms with van der Waals surface area (Å²) >= 11 is 0. The fraction of sp³-hybridized carbons (Fsp3) is 0.905. The van der Waals surface area contributed by atoms with Gasteiger partial charge in [0.25, 0.3) is 0 Å². The van der Waals surface area contributed by atoms with Crippen LogP contribution in [-0.2, 0) is 14.2 Å². The quantitative estimate of drug-likeness (QED) is 0.630. The van der Waals surface area contributed by atoms with Crippen molar-refractivity contribution in [3.05, 3.63) is 12.2 Å². The Hall–Kier alpha value is -0.560. The fourth-order valence-corrected chi connectivity index (χ4v) is 4.68. The third-order valence-electron chi connectivity index (χ3n) is 6.25. The van der Waals surface area contributed by atoms with Crippen LogP contribution >= 0.6 is 0 Å². The Morgan fingerprint density at radius 2 is 2.15 bits per heavy atom. The van der Waals surface area contributed by atoms with Crippen molar-refractivity contribution in [2.75, 3.05) is 6.61 Å². The molecule has 27 heavy (non-hydrogen) atoms. The zero-order valence-electron chi connectivity index (χ0n) is 16.4. The van der Waals surface area contributed by atoms with E-state index in [0.29, 0.717) is 19.4 Å². The second-order valence-corrected chi connectivity index (χ2v) is 8.32. The predicted octanol–water partition coefficient (Wildman–Crippen LogP) is 4.31.